The van der Waals surface area contributed by atoms with E-state index in [4.69, 9.17) is 16.9 Å². The van der Waals surface area contributed by atoms with Gasteiger partial charge in [0.25, 0.3) is 0 Å². The van der Waals surface area contributed by atoms with E-state index < -0.39 is 5.97 Å². The summed E-state index contributed by atoms with van der Waals surface area (Å²) in [5.41, 5.74) is 0.791. The van der Waals surface area contributed by atoms with Gasteiger partial charge in [-0.1, -0.05) is 0 Å². The molecule has 1 N–H and O–H groups in total. The first-order valence-corrected chi connectivity index (χ1v) is 6.37. The predicted octanol–water partition coefficient (Wildman–Crippen LogP) is 2.28. The van der Waals surface area contributed by atoms with Crippen LogP contribution < -0.4 is 5.32 Å². The van der Waals surface area contributed by atoms with Gasteiger partial charge in [-0.3, -0.25) is 4.79 Å². The first-order valence-electron chi connectivity index (χ1n) is 5.02. The number of methoxy groups -OCH3 is 1. The average Bonchev–Trinajstić information content (AvgIpc) is 2.65. The highest BCUT2D eigenvalue weighted by molar-refractivity contribution is 7.18. The van der Waals surface area contributed by atoms with Crippen LogP contribution in [0.3, 0.4) is 0 Å². The van der Waals surface area contributed by atoms with Crippen LogP contribution in [0.1, 0.15) is 27.2 Å². The molecule has 0 spiro atoms. The van der Waals surface area contributed by atoms with E-state index in [1.54, 1.807) is 6.92 Å². The van der Waals surface area contributed by atoms with Crippen molar-refractivity contribution in [1.82, 2.24) is 0 Å². The lowest BCUT2D eigenvalue weighted by molar-refractivity contribution is -0.115. The normalized spacial score (nSPS) is 9.67. The van der Waals surface area contributed by atoms with Crippen LogP contribution in [0, 0.1) is 18.3 Å². The van der Waals surface area contributed by atoms with Gasteiger partial charge in [0.2, 0.25) is 5.91 Å². The van der Waals surface area contributed by atoms with Crippen LogP contribution in [-0.4, -0.2) is 24.9 Å². The van der Waals surface area contributed by atoms with E-state index in [0.29, 0.717) is 15.4 Å². The fraction of sp³-hybridized carbons (Fsp3) is 0.364. The van der Waals surface area contributed by atoms with Gasteiger partial charge in [-0.2, -0.15) is 5.26 Å². The van der Waals surface area contributed by atoms with Crippen molar-refractivity contribution in [3.8, 4) is 6.07 Å². The molecule has 0 aliphatic carbocycles. The number of thiophene rings is 1. The van der Waals surface area contributed by atoms with Crippen molar-refractivity contribution in [2.75, 3.05) is 18.3 Å². The Balaban J connectivity index is 3.09. The lowest BCUT2D eigenvalue weighted by atomic mass is 10.2. The number of hydrogen-bond acceptors (Lipinski definition) is 5. The summed E-state index contributed by atoms with van der Waals surface area (Å²) in [5.74, 6) is -0.618. The molecule has 0 fully saturated rings. The number of carbonyl (C=O) groups is 2. The van der Waals surface area contributed by atoms with Crippen molar-refractivity contribution in [2.24, 2.45) is 0 Å². The molecule has 1 heterocycles. The van der Waals surface area contributed by atoms with Crippen LogP contribution in [0.4, 0.5) is 5.00 Å². The summed E-state index contributed by atoms with van der Waals surface area (Å²) in [7, 11) is 1.26. The van der Waals surface area contributed by atoms with Gasteiger partial charge in [-0.05, 0) is 12.5 Å². The summed E-state index contributed by atoms with van der Waals surface area (Å²) >= 11 is 6.47. The number of nitriles is 1. The largest absolute Gasteiger partial charge is 0.465 e. The third-order valence-electron chi connectivity index (χ3n) is 2.20. The highest BCUT2D eigenvalue weighted by Gasteiger charge is 2.21. The van der Waals surface area contributed by atoms with Crippen LogP contribution in [0.15, 0.2) is 0 Å². The third kappa shape index (κ3) is 3.00. The molecule has 1 rings (SSSR count). The lowest BCUT2D eigenvalue weighted by Crippen LogP contribution is -2.11. The molecule has 7 heteroatoms. The number of esters is 1. The standard InChI is InChI=1S/C11H11ClN2O3S/c1-6-7(5-13)10(14-8(15)3-4-12)18-9(6)11(16)17-2/h3-4H2,1-2H3,(H,14,15). The van der Waals surface area contributed by atoms with E-state index in [9.17, 15) is 9.59 Å². The quantitative estimate of drug-likeness (QED) is 0.680. The van der Waals surface area contributed by atoms with Gasteiger partial charge in [-0.15, -0.1) is 22.9 Å². The fourth-order valence-electron chi connectivity index (χ4n) is 1.30. The molecule has 0 aliphatic rings. The number of rotatable bonds is 4. The number of anilines is 1. The van der Waals surface area contributed by atoms with E-state index in [1.165, 1.54) is 7.11 Å². The Morgan fingerprint density at radius 1 is 1.56 bits per heavy atom. The van der Waals surface area contributed by atoms with E-state index >= 15 is 0 Å². The molecule has 5 nitrogen and oxygen atoms in total. The summed E-state index contributed by atoms with van der Waals surface area (Å²) in [5, 5.41) is 12.0. The second-order valence-corrected chi connectivity index (χ2v) is 4.75. The zero-order valence-electron chi connectivity index (χ0n) is 9.87. The van der Waals surface area contributed by atoms with Crippen LogP contribution in [0.5, 0.6) is 0 Å². The summed E-state index contributed by atoms with van der Waals surface area (Å²) < 4.78 is 4.61. The number of nitrogens with one attached hydrogen (secondary N) is 1. The Labute approximate surface area is 113 Å². The molecule has 0 saturated heterocycles. The molecule has 18 heavy (non-hydrogen) atoms. The molecule has 0 radical (unpaired) electrons. The molecule has 0 saturated carbocycles. The number of hydrogen-bond donors (Lipinski definition) is 1. The van der Waals surface area contributed by atoms with E-state index in [2.05, 4.69) is 10.1 Å². The Morgan fingerprint density at radius 2 is 2.22 bits per heavy atom. The lowest BCUT2D eigenvalue weighted by Gasteiger charge is -2.00. The molecule has 0 unspecified atom stereocenters. The number of carbonyl (C=O) groups excluding carboxylic acids is 2. The van der Waals surface area contributed by atoms with Crippen molar-refractivity contribution in [2.45, 2.75) is 13.3 Å². The van der Waals surface area contributed by atoms with Gasteiger partial charge in [0.1, 0.15) is 15.9 Å². The SMILES string of the molecule is COC(=O)c1sc(NC(=O)CCCl)c(C#N)c1C. The molecule has 1 aromatic heterocycles. The van der Waals surface area contributed by atoms with Gasteiger partial charge in [0.05, 0.1) is 12.7 Å². The van der Waals surface area contributed by atoms with Gasteiger partial charge < -0.3 is 10.1 Å². The van der Waals surface area contributed by atoms with Crippen LogP contribution >= 0.6 is 22.9 Å². The second kappa shape index (κ2) is 6.38. The summed E-state index contributed by atoms with van der Waals surface area (Å²) in [6.45, 7) is 1.64. The third-order valence-corrected chi connectivity index (χ3v) is 3.58. The smallest absolute Gasteiger partial charge is 0.348 e. The van der Waals surface area contributed by atoms with Crippen LogP contribution in [0.2, 0.25) is 0 Å². The van der Waals surface area contributed by atoms with Crippen molar-refractivity contribution >= 4 is 39.8 Å². The molecular weight excluding hydrogens is 276 g/mol. The molecule has 0 atom stereocenters. The van der Waals surface area contributed by atoms with Crippen LogP contribution in [0.25, 0.3) is 0 Å². The maximum Gasteiger partial charge on any atom is 0.348 e. The zero-order chi connectivity index (χ0) is 13.7. The minimum absolute atomic E-state index is 0.150. The van der Waals surface area contributed by atoms with Crippen molar-refractivity contribution < 1.29 is 14.3 Å². The molecule has 1 aromatic rings. The minimum Gasteiger partial charge on any atom is -0.465 e. The Hall–Kier alpha value is -1.58. The van der Waals surface area contributed by atoms with Gasteiger partial charge >= 0.3 is 5.97 Å². The fourth-order valence-corrected chi connectivity index (χ4v) is 2.56. The van der Waals surface area contributed by atoms with E-state index in [-0.39, 0.29) is 23.8 Å². The Kier molecular flexibility index (Phi) is 5.13. The number of halogens is 1. The molecule has 0 aromatic carbocycles. The minimum atomic E-state index is -0.521. The maximum atomic E-state index is 11.5. The topological polar surface area (TPSA) is 79.2 Å². The molecule has 96 valence electrons. The Bertz CT molecular complexity index is 519. The molecule has 1 amide bonds. The van der Waals surface area contributed by atoms with E-state index in [0.717, 1.165) is 11.3 Å². The maximum absolute atomic E-state index is 11.5. The highest BCUT2D eigenvalue weighted by atomic mass is 35.5. The number of amides is 1. The van der Waals surface area contributed by atoms with Gasteiger partial charge in [-0.25, -0.2) is 4.79 Å². The second-order valence-electron chi connectivity index (χ2n) is 3.35. The van der Waals surface area contributed by atoms with Crippen molar-refractivity contribution in [3.63, 3.8) is 0 Å². The monoisotopic (exact) mass is 286 g/mol. The van der Waals surface area contributed by atoms with Gasteiger partial charge in [0.15, 0.2) is 0 Å². The van der Waals surface area contributed by atoms with Crippen molar-refractivity contribution in [1.29, 1.82) is 5.26 Å². The van der Waals surface area contributed by atoms with Crippen LogP contribution in [-0.2, 0) is 9.53 Å². The number of alkyl halides is 1. The van der Waals surface area contributed by atoms with Crippen molar-refractivity contribution in [3.05, 3.63) is 16.0 Å². The first-order chi connectivity index (χ1) is 8.54. The predicted molar refractivity (Wildman–Crippen MR) is 69.1 cm³/mol. The summed E-state index contributed by atoms with van der Waals surface area (Å²) in [4.78, 5) is 23.2. The zero-order valence-corrected chi connectivity index (χ0v) is 11.4. The molecular formula is C11H11ClN2O3S. The Morgan fingerprint density at radius 3 is 2.72 bits per heavy atom. The first kappa shape index (κ1) is 14.5. The highest BCUT2D eigenvalue weighted by Crippen LogP contribution is 2.32. The average molecular weight is 287 g/mol. The molecule has 0 bridgehead atoms. The number of nitrogens with zero attached hydrogens (tertiary/aromatic N) is 1. The van der Waals surface area contributed by atoms with E-state index in [1.807, 2.05) is 6.07 Å². The summed E-state index contributed by atoms with van der Waals surface area (Å²) in [6, 6.07) is 1.97. The number of ether oxygens (including phenoxy) is 1. The molecule has 0 aliphatic heterocycles. The summed E-state index contributed by atoms with van der Waals surface area (Å²) in [6.07, 6.45) is 0.150. The van der Waals surface area contributed by atoms with Gasteiger partial charge in [0, 0.05) is 12.3 Å².